The molecule has 1 N–H and O–H groups in total. The monoisotopic (exact) mass is 317 g/mol. The molecule has 3 rings (SSSR count). The largest absolute Gasteiger partial charge is 0.477 e. The number of nitrogens with zero attached hydrogens (tertiary/aromatic N) is 3. The second-order valence-corrected chi connectivity index (χ2v) is 6.39. The number of hydrogen-bond acceptors (Lipinski definition) is 5. The van der Waals surface area contributed by atoms with Gasteiger partial charge in [0.2, 0.25) is 0 Å². The molecule has 2 aromatic heterocycles. The van der Waals surface area contributed by atoms with E-state index in [4.69, 9.17) is 10.1 Å². The summed E-state index contributed by atoms with van der Waals surface area (Å²) in [5.41, 5.74) is 1.25. The highest BCUT2D eigenvalue weighted by Crippen LogP contribution is 2.31. The van der Waals surface area contributed by atoms with Crippen molar-refractivity contribution in [2.24, 2.45) is 0 Å². The van der Waals surface area contributed by atoms with Crippen LogP contribution in [0.3, 0.4) is 0 Å². The van der Waals surface area contributed by atoms with Crippen LogP contribution in [0.2, 0.25) is 0 Å². The first-order valence-electron chi connectivity index (χ1n) is 7.57. The first kappa shape index (κ1) is 15.0. The Morgan fingerprint density at radius 2 is 2.32 bits per heavy atom. The Labute approximate surface area is 133 Å². The van der Waals surface area contributed by atoms with Crippen molar-refractivity contribution in [3.05, 3.63) is 40.0 Å². The lowest BCUT2D eigenvalue weighted by Crippen LogP contribution is -2.35. The van der Waals surface area contributed by atoms with E-state index in [1.54, 1.807) is 17.4 Å². The van der Waals surface area contributed by atoms with Crippen LogP contribution >= 0.6 is 11.3 Å². The average molecular weight is 317 g/mol. The maximum absolute atomic E-state index is 11.1. The van der Waals surface area contributed by atoms with Gasteiger partial charge in [0.25, 0.3) is 0 Å². The number of pyridine rings is 1. The van der Waals surface area contributed by atoms with Gasteiger partial charge in [-0.1, -0.05) is 13.0 Å². The third kappa shape index (κ3) is 3.11. The number of piperidine rings is 1. The molecule has 116 valence electrons. The SMILES string of the molecule is CCc1csc(C2CCCN(c3cccc(C(=O)O)n3)C2)n1. The number of aromatic carboxylic acids is 1. The minimum Gasteiger partial charge on any atom is -0.477 e. The molecule has 0 spiro atoms. The van der Waals surface area contributed by atoms with E-state index in [0.717, 1.165) is 43.9 Å². The van der Waals surface area contributed by atoms with Crippen molar-refractivity contribution >= 4 is 23.1 Å². The van der Waals surface area contributed by atoms with Crippen LogP contribution in [0.15, 0.2) is 23.6 Å². The van der Waals surface area contributed by atoms with Crippen molar-refractivity contribution in [3.8, 4) is 0 Å². The summed E-state index contributed by atoms with van der Waals surface area (Å²) in [6.45, 7) is 3.89. The molecular weight excluding hydrogens is 298 g/mol. The second-order valence-electron chi connectivity index (χ2n) is 5.50. The minimum atomic E-state index is -0.983. The van der Waals surface area contributed by atoms with E-state index in [1.165, 1.54) is 11.1 Å². The number of carboxylic acids is 1. The molecule has 1 aliphatic rings. The van der Waals surface area contributed by atoms with Crippen LogP contribution in [-0.2, 0) is 6.42 Å². The van der Waals surface area contributed by atoms with Crippen LogP contribution in [-0.4, -0.2) is 34.1 Å². The quantitative estimate of drug-likeness (QED) is 0.938. The molecule has 0 radical (unpaired) electrons. The molecule has 22 heavy (non-hydrogen) atoms. The van der Waals surface area contributed by atoms with E-state index in [0.29, 0.717) is 5.92 Å². The van der Waals surface area contributed by atoms with Crippen LogP contribution < -0.4 is 4.90 Å². The third-order valence-corrected chi connectivity index (χ3v) is 5.04. The van der Waals surface area contributed by atoms with Gasteiger partial charge in [0.05, 0.1) is 10.7 Å². The van der Waals surface area contributed by atoms with Crippen LogP contribution in [0.4, 0.5) is 5.82 Å². The molecule has 1 saturated heterocycles. The number of carbonyl (C=O) groups is 1. The van der Waals surface area contributed by atoms with Gasteiger partial charge in [0.1, 0.15) is 5.82 Å². The Hall–Kier alpha value is -1.95. The number of thiazole rings is 1. The number of aryl methyl sites for hydroxylation is 1. The Morgan fingerprint density at radius 3 is 3.05 bits per heavy atom. The molecule has 1 aliphatic heterocycles. The van der Waals surface area contributed by atoms with E-state index in [9.17, 15) is 4.79 Å². The van der Waals surface area contributed by atoms with E-state index >= 15 is 0 Å². The summed E-state index contributed by atoms with van der Waals surface area (Å²) in [5.74, 6) is 0.175. The molecule has 0 aliphatic carbocycles. The van der Waals surface area contributed by atoms with Crippen molar-refractivity contribution in [2.75, 3.05) is 18.0 Å². The summed E-state index contributed by atoms with van der Waals surface area (Å²) in [4.78, 5) is 22.2. The number of hydrogen-bond donors (Lipinski definition) is 1. The second kappa shape index (κ2) is 6.44. The lowest BCUT2D eigenvalue weighted by Gasteiger charge is -2.32. The first-order chi connectivity index (χ1) is 10.7. The van der Waals surface area contributed by atoms with Crippen LogP contribution in [0, 0.1) is 0 Å². The highest BCUT2D eigenvalue weighted by atomic mass is 32.1. The van der Waals surface area contributed by atoms with E-state index in [1.807, 2.05) is 6.07 Å². The fraction of sp³-hybridized carbons (Fsp3) is 0.438. The van der Waals surface area contributed by atoms with E-state index in [-0.39, 0.29) is 5.69 Å². The van der Waals surface area contributed by atoms with Crippen LogP contribution in [0.25, 0.3) is 0 Å². The van der Waals surface area contributed by atoms with Crippen molar-refractivity contribution in [3.63, 3.8) is 0 Å². The summed E-state index contributed by atoms with van der Waals surface area (Å²) in [7, 11) is 0. The maximum Gasteiger partial charge on any atom is 0.354 e. The van der Waals surface area contributed by atoms with Gasteiger partial charge in [0, 0.05) is 24.4 Å². The van der Waals surface area contributed by atoms with Crippen molar-refractivity contribution in [1.82, 2.24) is 9.97 Å². The highest BCUT2D eigenvalue weighted by molar-refractivity contribution is 7.09. The predicted octanol–water partition coefficient (Wildman–Crippen LogP) is 3.18. The van der Waals surface area contributed by atoms with Crippen molar-refractivity contribution < 1.29 is 9.90 Å². The fourth-order valence-corrected chi connectivity index (χ4v) is 3.81. The van der Waals surface area contributed by atoms with Gasteiger partial charge in [-0.15, -0.1) is 11.3 Å². The number of rotatable bonds is 4. The molecule has 1 unspecified atom stereocenters. The minimum absolute atomic E-state index is 0.0992. The van der Waals surface area contributed by atoms with Gasteiger partial charge in [-0.2, -0.15) is 0 Å². The Morgan fingerprint density at radius 1 is 1.45 bits per heavy atom. The zero-order valence-corrected chi connectivity index (χ0v) is 13.3. The lowest BCUT2D eigenvalue weighted by atomic mass is 9.98. The fourth-order valence-electron chi connectivity index (χ4n) is 2.78. The van der Waals surface area contributed by atoms with Crippen LogP contribution in [0.1, 0.15) is 46.9 Å². The molecule has 0 aromatic carbocycles. The first-order valence-corrected chi connectivity index (χ1v) is 8.45. The Bertz CT molecular complexity index is 671. The lowest BCUT2D eigenvalue weighted by molar-refractivity contribution is 0.0690. The molecule has 1 atom stereocenters. The topological polar surface area (TPSA) is 66.3 Å². The Kier molecular flexibility index (Phi) is 4.38. The smallest absolute Gasteiger partial charge is 0.354 e. The van der Waals surface area contributed by atoms with Crippen molar-refractivity contribution in [1.29, 1.82) is 0 Å². The average Bonchev–Trinajstić information content (AvgIpc) is 3.04. The molecular formula is C16H19N3O2S. The normalized spacial score (nSPS) is 18.4. The summed E-state index contributed by atoms with van der Waals surface area (Å²) in [6.07, 6.45) is 3.17. The highest BCUT2D eigenvalue weighted by Gasteiger charge is 2.24. The molecule has 0 amide bonds. The van der Waals surface area contributed by atoms with Crippen LogP contribution in [0.5, 0.6) is 0 Å². The molecule has 5 nitrogen and oxygen atoms in total. The zero-order valence-electron chi connectivity index (χ0n) is 12.5. The van der Waals surface area contributed by atoms with Gasteiger partial charge < -0.3 is 10.0 Å². The maximum atomic E-state index is 11.1. The number of carboxylic acid groups (broad SMARTS) is 1. The molecule has 0 bridgehead atoms. The summed E-state index contributed by atoms with van der Waals surface area (Å²) in [5, 5.41) is 12.4. The summed E-state index contributed by atoms with van der Waals surface area (Å²) >= 11 is 1.73. The predicted molar refractivity (Wildman–Crippen MR) is 86.9 cm³/mol. The molecule has 2 aromatic rings. The number of aromatic nitrogens is 2. The van der Waals surface area contributed by atoms with Gasteiger partial charge in [-0.05, 0) is 31.4 Å². The Balaban J connectivity index is 1.78. The van der Waals surface area contributed by atoms with Gasteiger partial charge in [0.15, 0.2) is 5.69 Å². The van der Waals surface area contributed by atoms with Gasteiger partial charge in [-0.25, -0.2) is 14.8 Å². The summed E-state index contributed by atoms with van der Waals surface area (Å²) < 4.78 is 0. The van der Waals surface area contributed by atoms with Gasteiger partial charge in [-0.3, -0.25) is 0 Å². The molecule has 3 heterocycles. The van der Waals surface area contributed by atoms with Gasteiger partial charge >= 0.3 is 5.97 Å². The van der Waals surface area contributed by atoms with Crippen molar-refractivity contribution in [2.45, 2.75) is 32.1 Å². The molecule has 0 saturated carbocycles. The zero-order chi connectivity index (χ0) is 15.5. The standard InChI is InChI=1S/C16H19N3O2S/c1-2-12-10-22-15(17-12)11-5-4-8-19(9-11)14-7-3-6-13(18-14)16(20)21/h3,6-7,10-11H,2,4-5,8-9H2,1H3,(H,20,21). The molecule has 6 heteroatoms. The molecule has 1 fully saturated rings. The van der Waals surface area contributed by atoms with E-state index < -0.39 is 5.97 Å². The number of anilines is 1. The summed E-state index contributed by atoms with van der Waals surface area (Å²) in [6, 6.07) is 5.17. The van der Waals surface area contributed by atoms with E-state index in [2.05, 4.69) is 22.2 Å². The third-order valence-electron chi connectivity index (χ3n) is 3.98.